The van der Waals surface area contributed by atoms with Gasteiger partial charge in [-0.25, -0.2) is 0 Å². The van der Waals surface area contributed by atoms with Crippen LogP contribution in [0.1, 0.15) is 46.2 Å². The molecule has 2 N–H and O–H groups in total. The van der Waals surface area contributed by atoms with Gasteiger partial charge in [0.15, 0.2) is 0 Å². The number of likely N-dealkylation sites (tertiary alicyclic amines) is 1. The van der Waals surface area contributed by atoms with Crippen LogP contribution in [0, 0.1) is 39.9 Å². The number of carbonyl (C=O) groups is 3. The molecule has 1 saturated carbocycles. The van der Waals surface area contributed by atoms with Gasteiger partial charge in [0, 0.05) is 36.1 Å². The Morgan fingerprint density at radius 3 is 2.55 bits per heavy atom. The minimum atomic E-state index is -0.983. The summed E-state index contributed by atoms with van der Waals surface area (Å²) in [6.07, 6.45) is 4.83. The van der Waals surface area contributed by atoms with E-state index >= 15 is 0 Å². The molecule has 5 rings (SSSR count). The second kappa shape index (κ2) is 9.31. The molecule has 3 fully saturated rings. The largest absolute Gasteiger partial charge is 0.380 e. The quantitative estimate of drug-likeness (QED) is 0.596. The molecule has 10 nitrogen and oxygen atoms in total. The molecule has 2 aromatic rings. The second-order valence-corrected chi connectivity index (χ2v) is 12.3. The summed E-state index contributed by atoms with van der Waals surface area (Å²) in [7, 11) is 0. The fourth-order valence-electron chi connectivity index (χ4n) is 5.92. The highest BCUT2D eigenvalue weighted by atomic mass is 16.5. The van der Waals surface area contributed by atoms with E-state index in [1.807, 2.05) is 26.8 Å². The highest BCUT2D eigenvalue weighted by Gasteiger charge is 2.69. The molecule has 38 heavy (non-hydrogen) atoms. The Morgan fingerprint density at radius 1 is 1.18 bits per heavy atom. The lowest BCUT2D eigenvalue weighted by Gasteiger charge is -2.38. The summed E-state index contributed by atoms with van der Waals surface area (Å²) in [6.45, 7) is 11.0. The van der Waals surface area contributed by atoms with Crippen LogP contribution in [-0.2, 0) is 19.1 Å². The van der Waals surface area contributed by atoms with Crippen molar-refractivity contribution >= 4 is 28.6 Å². The first-order chi connectivity index (χ1) is 17.9. The normalized spacial score (nSPS) is 25.5. The molecule has 0 radical (unpaired) electrons. The molecular formula is C28H34N6O4. The van der Waals surface area contributed by atoms with Gasteiger partial charge in [-0.15, -0.1) is 0 Å². The third-order valence-electron chi connectivity index (χ3n) is 8.43. The molecule has 5 atom stereocenters. The van der Waals surface area contributed by atoms with Crippen LogP contribution < -0.4 is 10.6 Å². The zero-order valence-corrected chi connectivity index (χ0v) is 22.4. The number of nitrogens with zero attached hydrogens (tertiary/aromatic N) is 4. The van der Waals surface area contributed by atoms with Crippen LogP contribution in [0.25, 0.3) is 10.9 Å². The van der Waals surface area contributed by atoms with E-state index in [-0.39, 0.29) is 40.9 Å². The fraction of sp³-hybridized carbons (Fsp3) is 0.571. The van der Waals surface area contributed by atoms with Crippen molar-refractivity contribution in [2.75, 3.05) is 19.8 Å². The Morgan fingerprint density at radius 2 is 1.92 bits per heavy atom. The molecule has 0 bridgehead atoms. The van der Waals surface area contributed by atoms with Crippen molar-refractivity contribution in [3.05, 3.63) is 36.3 Å². The van der Waals surface area contributed by atoms with Gasteiger partial charge >= 0.3 is 0 Å². The Kier molecular flexibility index (Phi) is 6.38. The van der Waals surface area contributed by atoms with Gasteiger partial charge in [-0.1, -0.05) is 34.6 Å². The van der Waals surface area contributed by atoms with Crippen molar-refractivity contribution in [2.45, 2.75) is 52.7 Å². The molecule has 10 heteroatoms. The van der Waals surface area contributed by atoms with Gasteiger partial charge in [-0.05, 0) is 34.8 Å². The van der Waals surface area contributed by atoms with Gasteiger partial charge < -0.3 is 20.3 Å². The van der Waals surface area contributed by atoms with Crippen LogP contribution in [-0.4, -0.2) is 64.4 Å². The monoisotopic (exact) mass is 518 g/mol. The number of ether oxygens (including phenoxy) is 1. The lowest BCUT2D eigenvalue weighted by molar-refractivity contribution is -0.149. The number of amides is 3. The topological polar surface area (TPSA) is 137 Å². The molecule has 1 unspecified atom stereocenters. The Bertz CT molecular complexity index is 1320. The zero-order valence-electron chi connectivity index (χ0n) is 22.4. The van der Waals surface area contributed by atoms with Crippen molar-refractivity contribution in [2.24, 2.45) is 28.6 Å². The van der Waals surface area contributed by atoms with Crippen LogP contribution in [0.15, 0.2) is 30.7 Å². The molecule has 3 amide bonds. The van der Waals surface area contributed by atoms with E-state index in [4.69, 9.17) is 4.74 Å². The van der Waals surface area contributed by atoms with Crippen LogP contribution in [0.3, 0.4) is 0 Å². The first kappa shape index (κ1) is 26.0. The Labute approximate surface area is 222 Å². The van der Waals surface area contributed by atoms with Crippen molar-refractivity contribution in [3.63, 3.8) is 0 Å². The number of hydrogen-bond acceptors (Lipinski definition) is 7. The van der Waals surface area contributed by atoms with Crippen LogP contribution in [0.4, 0.5) is 0 Å². The van der Waals surface area contributed by atoms with Crippen molar-refractivity contribution in [3.8, 4) is 6.07 Å². The summed E-state index contributed by atoms with van der Waals surface area (Å²) in [6, 6.07) is 3.27. The molecule has 3 aliphatic rings. The number of fused-ring (bicyclic) bond motifs is 2. The number of nitriles is 1. The van der Waals surface area contributed by atoms with Gasteiger partial charge in [-0.3, -0.25) is 24.4 Å². The van der Waals surface area contributed by atoms with Crippen LogP contribution in [0.5, 0.6) is 0 Å². The average molecular weight is 519 g/mol. The Hall–Kier alpha value is -3.58. The number of rotatable bonds is 6. The maximum Gasteiger partial charge on any atom is 0.246 e. The first-order valence-corrected chi connectivity index (χ1v) is 13.0. The summed E-state index contributed by atoms with van der Waals surface area (Å²) in [5.74, 6) is -1.02. The molecule has 2 saturated heterocycles. The van der Waals surface area contributed by atoms with E-state index < -0.39 is 23.5 Å². The molecule has 200 valence electrons. The van der Waals surface area contributed by atoms with Gasteiger partial charge in [0.2, 0.25) is 17.7 Å². The summed E-state index contributed by atoms with van der Waals surface area (Å²) in [5, 5.41) is 16.6. The predicted molar refractivity (Wildman–Crippen MR) is 138 cm³/mol. The van der Waals surface area contributed by atoms with E-state index in [0.717, 1.165) is 5.39 Å². The van der Waals surface area contributed by atoms with Crippen LogP contribution in [0.2, 0.25) is 0 Å². The molecule has 1 aliphatic carbocycles. The zero-order chi connectivity index (χ0) is 27.4. The van der Waals surface area contributed by atoms with Gasteiger partial charge in [-0.2, -0.15) is 5.26 Å². The van der Waals surface area contributed by atoms with Crippen molar-refractivity contribution in [1.82, 2.24) is 25.5 Å². The van der Waals surface area contributed by atoms with Crippen molar-refractivity contribution < 1.29 is 19.1 Å². The maximum absolute atomic E-state index is 14.0. The molecule has 0 aromatic carbocycles. The van der Waals surface area contributed by atoms with E-state index in [2.05, 4.69) is 40.5 Å². The summed E-state index contributed by atoms with van der Waals surface area (Å²) in [4.78, 5) is 50.8. The fourth-order valence-corrected chi connectivity index (χ4v) is 5.92. The SMILES string of the molecule is CC(C)(C)[C@H](NC(=O)C1COC1)C(=O)N1C[C@H]2[C@@H]([C@H]1C(=O)NC(C#N)c1cncc3cccnc13)C2(C)C. The third-order valence-corrected chi connectivity index (χ3v) is 8.43. The number of hydrogen-bond donors (Lipinski definition) is 2. The number of pyridine rings is 2. The number of nitrogens with one attached hydrogen (secondary N) is 2. The summed E-state index contributed by atoms with van der Waals surface area (Å²) >= 11 is 0. The highest BCUT2D eigenvalue weighted by molar-refractivity contribution is 5.95. The van der Waals surface area contributed by atoms with E-state index in [1.54, 1.807) is 29.6 Å². The maximum atomic E-state index is 14.0. The second-order valence-electron chi connectivity index (χ2n) is 12.3. The number of aromatic nitrogens is 2. The average Bonchev–Trinajstić information content (AvgIpc) is 3.16. The third kappa shape index (κ3) is 4.39. The van der Waals surface area contributed by atoms with E-state index in [1.165, 1.54) is 0 Å². The van der Waals surface area contributed by atoms with Gasteiger partial charge in [0.1, 0.15) is 18.1 Å². The summed E-state index contributed by atoms with van der Waals surface area (Å²) < 4.78 is 5.14. The summed E-state index contributed by atoms with van der Waals surface area (Å²) in [5.41, 5.74) is 0.418. The lowest BCUT2D eigenvalue weighted by atomic mass is 9.84. The molecule has 2 aromatic heterocycles. The lowest BCUT2D eigenvalue weighted by Crippen LogP contribution is -2.60. The highest BCUT2D eigenvalue weighted by Crippen LogP contribution is 2.65. The molecule has 4 heterocycles. The van der Waals surface area contributed by atoms with E-state index in [0.29, 0.717) is 30.8 Å². The number of piperidine rings is 1. The van der Waals surface area contributed by atoms with Crippen molar-refractivity contribution in [1.29, 1.82) is 5.26 Å². The number of carbonyl (C=O) groups excluding carboxylic acids is 3. The van der Waals surface area contributed by atoms with Gasteiger partial charge in [0.25, 0.3) is 0 Å². The smallest absolute Gasteiger partial charge is 0.246 e. The van der Waals surface area contributed by atoms with Crippen LogP contribution >= 0.6 is 0 Å². The first-order valence-electron chi connectivity index (χ1n) is 13.0. The molecular weight excluding hydrogens is 484 g/mol. The van der Waals surface area contributed by atoms with Gasteiger partial charge in [0.05, 0.1) is 30.7 Å². The van der Waals surface area contributed by atoms with E-state index in [9.17, 15) is 19.6 Å². The standard InChI is InChI=1S/C28H34N6O4/c1-27(2,3)23(33-24(35)16-13-38-14-16)26(37)34-12-18-20(28(18,4)5)22(34)25(36)32-19(9-29)17-11-30-10-15-7-6-8-31-21(15)17/h6-8,10-11,16,18-20,22-23H,12-14H2,1-5H3,(H,32,36)(H,33,35)/t18-,19?,20-,22-,23+/m0/s1. The minimum Gasteiger partial charge on any atom is -0.380 e. The molecule has 0 spiro atoms. The molecule has 2 aliphatic heterocycles. The Balaban J connectivity index is 1.41. The predicted octanol–water partition coefficient (Wildman–Crippen LogP) is 1.97. The minimum absolute atomic E-state index is 0.0362.